The molecule has 0 amide bonds. The molecule has 1 aliphatic rings. The van der Waals surface area contributed by atoms with Crippen LogP contribution in [0.3, 0.4) is 0 Å². The molecular weight excluding hydrogens is 370 g/mol. The molecule has 2 N–H and O–H groups in total. The molecule has 162 valence electrons. The zero-order valence-electron chi connectivity index (χ0n) is 18.4. The van der Waals surface area contributed by atoms with E-state index >= 15 is 0 Å². The van der Waals surface area contributed by atoms with E-state index in [2.05, 4.69) is 62.8 Å². The predicted molar refractivity (Wildman–Crippen MR) is 126 cm³/mol. The van der Waals surface area contributed by atoms with Crippen molar-refractivity contribution in [3.63, 3.8) is 0 Å². The molecule has 0 unspecified atom stereocenters. The molecule has 5 heteroatoms. The lowest BCUT2D eigenvalue weighted by Crippen LogP contribution is -2.38. The highest BCUT2D eigenvalue weighted by atomic mass is 15.2. The van der Waals surface area contributed by atoms with Crippen LogP contribution in [0.15, 0.2) is 59.7 Å². The summed E-state index contributed by atoms with van der Waals surface area (Å²) in [5.74, 6) is 1.73. The molecule has 0 spiro atoms. The molecule has 3 rings (SSSR count). The standard InChI is InChI=1S/C25H37N5/c1-2-26-25(29-21-24-12-6-7-15-27-24)28-16-8-9-17-30-18-13-23(14-19-30)20-22-10-4-3-5-11-22/h3-7,10-12,15,23H,2,8-9,13-14,16-21H2,1H3,(H2,26,28,29). The van der Waals surface area contributed by atoms with E-state index in [-0.39, 0.29) is 0 Å². The van der Waals surface area contributed by atoms with Crippen LogP contribution >= 0.6 is 0 Å². The number of guanidine groups is 1. The Morgan fingerprint density at radius 2 is 1.83 bits per heavy atom. The van der Waals surface area contributed by atoms with E-state index in [9.17, 15) is 0 Å². The lowest BCUT2D eigenvalue weighted by Gasteiger charge is -2.32. The SMILES string of the molecule is CCNC(=NCc1ccccn1)NCCCCN1CCC(Cc2ccccc2)CC1. The summed E-state index contributed by atoms with van der Waals surface area (Å²) in [5.41, 5.74) is 2.48. The Morgan fingerprint density at radius 3 is 2.57 bits per heavy atom. The predicted octanol–water partition coefficient (Wildman–Crippen LogP) is 3.87. The van der Waals surface area contributed by atoms with Crippen LogP contribution in [0.25, 0.3) is 0 Å². The largest absolute Gasteiger partial charge is 0.357 e. The summed E-state index contributed by atoms with van der Waals surface area (Å²) in [7, 11) is 0. The van der Waals surface area contributed by atoms with Crippen LogP contribution in [0.1, 0.15) is 43.9 Å². The van der Waals surface area contributed by atoms with Crippen LogP contribution in [0.4, 0.5) is 0 Å². The molecule has 1 saturated heterocycles. The number of rotatable bonds is 10. The van der Waals surface area contributed by atoms with Crippen LogP contribution < -0.4 is 10.6 Å². The fraction of sp³-hybridized carbons (Fsp3) is 0.520. The van der Waals surface area contributed by atoms with Gasteiger partial charge in [0.05, 0.1) is 12.2 Å². The van der Waals surface area contributed by atoms with Crippen molar-refractivity contribution in [3.8, 4) is 0 Å². The molecule has 1 aliphatic heterocycles. The first-order valence-corrected chi connectivity index (χ1v) is 11.5. The van der Waals surface area contributed by atoms with Crippen LogP contribution in [-0.4, -0.2) is 48.6 Å². The van der Waals surface area contributed by atoms with Crippen molar-refractivity contribution in [2.75, 3.05) is 32.7 Å². The fourth-order valence-corrected chi connectivity index (χ4v) is 4.02. The average molecular weight is 408 g/mol. The number of likely N-dealkylation sites (tertiary alicyclic amines) is 1. The lowest BCUT2D eigenvalue weighted by atomic mass is 9.90. The van der Waals surface area contributed by atoms with Gasteiger partial charge in [0, 0.05) is 19.3 Å². The number of pyridine rings is 1. The molecule has 0 radical (unpaired) electrons. The van der Waals surface area contributed by atoms with E-state index < -0.39 is 0 Å². The van der Waals surface area contributed by atoms with Crippen LogP contribution in [0, 0.1) is 5.92 Å². The number of hydrogen-bond donors (Lipinski definition) is 2. The van der Waals surface area contributed by atoms with E-state index in [4.69, 9.17) is 0 Å². The molecular formula is C25H37N5. The van der Waals surface area contributed by atoms with E-state index in [0.717, 1.165) is 37.1 Å². The molecule has 0 saturated carbocycles. The lowest BCUT2D eigenvalue weighted by molar-refractivity contribution is 0.181. The molecule has 0 aliphatic carbocycles. The summed E-state index contributed by atoms with van der Waals surface area (Å²) < 4.78 is 0. The van der Waals surface area contributed by atoms with Crippen molar-refractivity contribution in [3.05, 3.63) is 66.0 Å². The zero-order chi connectivity index (χ0) is 20.9. The first kappa shape index (κ1) is 22.3. The van der Waals surface area contributed by atoms with Gasteiger partial charge >= 0.3 is 0 Å². The van der Waals surface area contributed by atoms with Crippen LogP contribution in [0.2, 0.25) is 0 Å². The Balaban J connectivity index is 1.28. The van der Waals surface area contributed by atoms with Crippen molar-refractivity contribution in [2.45, 2.75) is 45.6 Å². The highest BCUT2D eigenvalue weighted by Crippen LogP contribution is 2.21. The summed E-state index contributed by atoms with van der Waals surface area (Å²) in [6, 6.07) is 16.9. The normalized spacial score (nSPS) is 15.8. The number of unbranched alkanes of at least 4 members (excludes halogenated alkanes) is 1. The Bertz CT molecular complexity index is 724. The van der Waals surface area contributed by atoms with Crippen LogP contribution in [0.5, 0.6) is 0 Å². The van der Waals surface area contributed by atoms with Gasteiger partial charge in [-0.05, 0) is 82.3 Å². The third kappa shape index (κ3) is 8.15. The minimum Gasteiger partial charge on any atom is -0.357 e. The van der Waals surface area contributed by atoms with Gasteiger partial charge in [-0.3, -0.25) is 4.98 Å². The third-order valence-corrected chi connectivity index (χ3v) is 5.74. The Hall–Kier alpha value is -2.40. The van der Waals surface area contributed by atoms with Gasteiger partial charge in [0.25, 0.3) is 0 Å². The topological polar surface area (TPSA) is 52.6 Å². The van der Waals surface area contributed by atoms with E-state index in [1.807, 2.05) is 24.4 Å². The number of nitrogens with one attached hydrogen (secondary N) is 2. The van der Waals surface area contributed by atoms with E-state index in [1.165, 1.54) is 50.9 Å². The fourth-order valence-electron chi connectivity index (χ4n) is 4.02. The minimum atomic E-state index is 0.605. The van der Waals surface area contributed by atoms with Gasteiger partial charge in [-0.1, -0.05) is 36.4 Å². The number of piperidine rings is 1. The monoisotopic (exact) mass is 407 g/mol. The van der Waals surface area contributed by atoms with Gasteiger partial charge in [0.2, 0.25) is 0 Å². The number of aromatic nitrogens is 1. The van der Waals surface area contributed by atoms with Crippen molar-refractivity contribution < 1.29 is 0 Å². The van der Waals surface area contributed by atoms with Gasteiger partial charge in [0.15, 0.2) is 5.96 Å². The van der Waals surface area contributed by atoms with Gasteiger partial charge in [-0.2, -0.15) is 0 Å². The van der Waals surface area contributed by atoms with Gasteiger partial charge in [0.1, 0.15) is 0 Å². The van der Waals surface area contributed by atoms with Gasteiger partial charge < -0.3 is 15.5 Å². The van der Waals surface area contributed by atoms with Crippen molar-refractivity contribution in [1.29, 1.82) is 0 Å². The maximum Gasteiger partial charge on any atom is 0.191 e. The smallest absolute Gasteiger partial charge is 0.191 e. The highest BCUT2D eigenvalue weighted by Gasteiger charge is 2.18. The molecule has 2 heterocycles. The van der Waals surface area contributed by atoms with E-state index in [1.54, 1.807) is 0 Å². The maximum absolute atomic E-state index is 4.64. The van der Waals surface area contributed by atoms with Crippen molar-refractivity contribution in [2.24, 2.45) is 10.9 Å². The van der Waals surface area contributed by atoms with Crippen LogP contribution in [-0.2, 0) is 13.0 Å². The number of benzene rings is 1. The van der Waals surface area contributed by atoms with Crippen molar-refractivity contribution in [1.82, 2.24) is 20.5 Å². The molecule has 1 aromatic carbocycles. The molecule has 30 heavy (non-hydrogen) atoms. The molecule has 2 aromatic rings. The highest BCUT2D eigenvalue weighted by molar-refractivity contribution is 5.79. The summed E-state index contributed by atoms with van der Waals surface area (Å²) in [6.07, 6.45) is 8.11. The molecule has 5 nitrogen and oxygen atoms in total. The Labute approximate surface area is 182 Å². The second kappa shape index (κ2) is 13.0. The summed E-state index contributed by atoms with van der Waals surface area (Å²) in [6.45, 7) is 8.23. The first-order valence-electron chi connectivity index (χ1n) is 11.5. The molecule has 1 aromatic heterocycles. The summed E-state index contributed by atoms with van der Waals surface area (Å²) in [5, 5.41) is 6.77. The summed E-state index contributed by atoms with van der Waals surface area (Å²) in [4.78, 5) is 11.6. The molecule has 0 atom stereocenters. The first-order chi connectivity index (χ1) is 14.8. The average Bonchev–Trinajstić information content (AvgIpc) is 2.79. The molecule has 0 bridgehead atoms. The number of nitrogens with zero attached hydrogens (tertiary/aromatic N) is 3. The quantitative estimate of drug-likeness (QED) is 0.357. The van der Waals surface area contributed by atoms with Crippen molar-refractivity contribution >= 4 is 5.96 Å². The second-order valence-corrected chi connectivity index (χ2v) is 8.12. The Kier molecular flexibility index (Phi) is 9.67. The van der Waals surface area contributed by atoms with E-state index in [0.29, 0.717) is 6.54 Å². The third-order valence-electron chi connectivity index (χ3n) is 5.74. The number of aliphatic imine (C=N–C) groups is 1. The summed E-state index contributed by atoms with van der Waals surface area (Å²) >= 11 is 0. The van der Waals surface area contributed by atoms with Gasteiger partial charge in [-0.15, -0.1) is 0 Å². The number of hydrogen-bond acceptors (Lipinski definition) is 3. The Morgan fingerprint density at radius 1 is 1.03 bits per heavy atom. The second-order valence-electron chi connectivity index (χ2n) is 8.12. The zero-order valence-corrected chi connectivity index (χ0v) is 18.4. The minimum absolute atomic E-state index is 0.605. The maximum atomic E-state index is 4.64. The molecule has 1 fully saturated rings. The van der Waals surface area contributed by atoms with Gasteiger partial charge in [-0.25, -0.2) is 4.99 Å².